The molecule has 2 aromatic carbocycles. The Kier molecular flexibility index (Phi) is 4.71. The topological polar surface area (TPSA) is 118 Å². The van der Waals surface area contributed by atoms with Gasteiger partial charge >= 0.3 is 5.97 Å². The molecule has 1 atom stereocenters. The summed E-state index contributed by atoms with van der Waals surface area (Å²) in [6, 6.07) is 10.9. The number of rotatable bonds is 4. The highest BCUT2D eigenvalue weighted by molar-refractivity contribution is 5.99. The van der Waals surface area contributed by atoms with Crippen LogP contribution in [0.5, 0.6) is 0 Å². The fourth-order valence-corrected chi connectivity index (χ4v) is 3.67. The van der Waals surface area contributed by atoms with Crippen LogP contribution in [-0.4, -0.2) is 45.3 Å². The van der Waals surface area contributed by atoms with Crippen LogP contribution < -0.4 is 0 Å². The van der Waals surface area contributed by atoms with Crippen molar-refractivity contribution in [2.75, 3.05) is 13.7 Å². The third-order valence-electron chi connectivity index (χ3n) is 5.03. The van der Waals surface area contributed by atoms with Crippen LogP contribution in [0, 0.1) is 10.1 Å². The van der Waals surface area contributed by atoms with E-state index in [1.165, 1.54) is 19.2 Å². The largest absolute Gasteiger partial charge is 0.465 e. The third-order valence-corrected chi connectivity index (χ3v) is 5.03. The number of non-ortho nitro benzene ring substituents is 1. The minimum atomic E-state index is -0.738. The number of esters is 1. The van der Waals surface area contributed by atoms with Crippen LogP contribution in [0.4, 0.5) is 5.69 Å². The number of methoxy groups -OCH3 is 1. The van der Waals surface area contributed by atoms with Gasteiger partial charge < -0.3 is 14.6 Å². The van der Waals surface area contributed by atoms with E-state index >= 15 is 0 Å². The van der Waals surface area contributed by atoms with Gasteiger partial charge in [-0.25, -0.2) is 9.78 Å². The Morgan fingerprint density at radius 2 is 2.00 bits per heavy atom. The summed E-state index contributed by atoms with van der Waals surface area (Å²) in [5, 5.41) is 11.3. The second kappa shape index (κ2) is 7.34. The van der Waals surface area contributed by atoms with Gasteiger partial charge in [-0.3, -0.25) is 14.9 Å². The Morgan fingerprint density at radius 1 is 1.24 bits per heavy atom. The van der Waals surface area contributed by atoms with E-state index in [1.54, 1.807) is 4.90 Å². The first-order chi connectivity index (χ1) is 14.0. The molecule has 0 saturated carbocycles. The van der Waals surface area contributed by atoms with Crippen molar-refractivity contribution in [3.8, 4) is 0 Å². The van der Waals surface area contributed by atoms with Gasteiger partial charge in [0.1, 0.15) is 5.82 Å². The van der Waals surface area contributed by atoms with Gasteiger partial charge in [0.2, 0.25) is 0 Å². The van der Waals surface area contributed by atoms with E-state index < -0.39 is 10.9 Å². The number of carbonyl (C=O) groups is 2. The van der Waals surface area contributed by atoms with Gasteiger partial charge in [-0.2, -0.15) is 0 Å². The zero-order valence-corrected chi connectivity index (χ0v) is 15.6. The maximum atomic E-state index is 13.2. The summed E-state index contributed by atoms with van der Waals surface area (Å²) in [4.78, 5) is 45.2. The van der Waals surface area contributed by atoms with Crippen molar-refractivity contribution < 1.29 is 19.2 Å². The predicted octanol–water partition coefficient (Wildman–Crippen LogP) is 3.24. The maximum Gasteiger partial charge on any atom is 0.338 e. The van der Waals surface area contributed by atoms with E-state index in [4.69, 9.17) is 0 Å². The number of nitro benzene ring substituents is 1. The molecule has 29 heavy (non-hydrogen) atoms. The summed E-state index contributed by atoms with van der Waals surface area (Å²) in [6.45, 7) is 0.497. The number of carbonyl (C=O) groups excluding carboxylic acids is 2. The van der Waals surface area contributed by atoms with Crippen molar-refractivity contribution in [3.05, 3.63) is 69.5 Å². The number of hydrogen-bond acceptors (Lipinski definition) is 6. The van der Waals surface area contributed by atoms with Crippen LogP contribution in [0.3, 0.4) is 0 Å². The van der Waals surface area contributed by atoms with Crippen LogP contribution in [0.25, 0.3) is 11.0 Å². The van der Waals surface area contributed by atoms with E-state index in [0.717, 1.165) is 29.9 Å². The lowest BCUT2D eigenvalue weighted by atomic mass is 10.1. The van der Waals surface area contributed by atoms with Crippen molar-refractivity contribution >= 4 is 28.6 Å². The average molecular weight is 394 g/mol. The number of nitrogens with one attached hydrogen (secondary N) is 1. The van der Waals surface area contributed by atoms with E-state index in [2.05, 4.69) is 14.7 Å². The number of nitrogens with zero attached hydrogens (tertiary/aromatic N) is 3. The van der Waals surface area contributed by atoms with Crippen molar-refractivity contribution in [1.29, 1.82) is 0 Å². The van der Waals surface area contributed by atoms with E-state index in [0.29, 0.717) is 12.4 Å². The van der Waals surface area contributed by atoms with Crippen LogP contribution >= 0.6 is 0 Å². The first-order valence-electron chi connectivity index (χ1n) is 9.11. The Labute approximate surface area is 165 Å². The summed E-state index contributed by atoms with van der Waals surface area (Å²) in [5.74, 6) is -0.449. The quantitative estimate of drug-likeness (QED) is 0.412. The molecule has 4 rings (SSSR count). The molecule has 0 spiro atoms. The van der Waals surface area contributed by atoms with E-state index in [1.807, 2.05) is 24.3 Å². The van der Waals surface area contributed by atoms with Crippen molar-refractivity contribution in [3.63, 3.8) is 0 Å². The van der Waals surface area contributed by atoms with Gasteiger partial charge in [0.15, 0.2) is 0 Å². The third kappa shape index (κ3) is 3.42. The molecule has 1 aliphatic heterocycles. The van der Waals surface area contributed by atoms with Crippen molar-refractivity contribution in [1.82, 2.24) is 14.9 Å². The van der Waals surface area contributed by atoms with Gasteiger partial charge in [-0.05, 0) is 31.0 Å². The molecule has 3 aromatic rings. The minimum Gasteiger partial charge on any atom is -0.465 e. The normalized spacial score (nSPS) is 16.2. The van der Waals surface area contributed by atoms with E-state index in [-0.39, 0.29) is 28.8 Å². The number of para-hydroxylation sites is 2. The smallest absolute Gasteiger partial charge is 0.338 e. The molecule has 0 unspecified atom stereocenters. The molecular formula is C20H18N4O5. The first kappa shape index (κ1) is 18.6. The highest BCUT2D eigenvalue weighted by Crippen LogP contribution is 2.33. The number of aromatic amines is 1. The Morgan fingerprint density at radius 3 is 2.72 bits per heavy atom. The van der Waals surface area contributed by atoms with Gasteiger partial charge in [0, 0.05) is 24.2 Å². The SMILES string of the molecule is COC(=O)c1cc(C(=O)N2CCC[C@H]2c2nc3ccccc3[nH]2)cc([N+](=O)[O-])c1. The Hall–Kier alpha value is -3.75. The summed E-state index contributed by atoms with van der Waals surface area (Å²) < 4.78 is 4.65. The monoisotopic (exact) mass is 394 g/mol. The lowest BCUT2D eigenvalue weighted by Crippen LogP contribution is -2.31. The fraction of sp³-hybridized carbons (Fsp3) is 0.250. The molecule has 0 aliphatic carbocycles. The zero-order chi connectivity index (χ0) is 20.5. The highest BCUT2D eigenvalue weighted by Gasteiger charge is 2.33. The number of benzene rings is 2. The van der Waals surface area contributed by atoms with E-state index in [9.17, 15) is 19.7 Å². The van der Waals surface area contributed by atoms with Gasteiger partial charge in [0.25, 0.3) is 11.6 Å². The van der Waals surface area contributed by atoms with Gasteiger partial charge in [0.05, 0.1) is 34.7 Å². The number of ether oxygens (including phenoxy) is 1. The number of hydrogen-bond donors (Lipinski definition) is 1. The molecule has 1 amide bonds. The standard InChI is InChI=1S/C20H18N4O5/c1-29-20(26)13-9-12(10-14(11-13)24(27)28)19(25)23-8-4-7-17(23)18-21-15-5-2-3-6-16(15)22-18/h2-3,5-6,9-11,17H,4,7-8H2,1H3,(H,21,22)/t17-/m0/s1. The first-order valence-corrected chi connectivity index (χ1v) is 9.11. The van der Waals surface area contributed by atoms with Crippen molar-refractivity contribution in [2.45, 2.75) is 18.9 Å². The molecule has 9 nitrogen and oxygen atoms in total. The second-order valence-corrected chi connectivity index (χ2v) is 6.81. The molecule has 148 valence electrons. The fourth-order valence-electron chi connectivity index (χ4n) is 3.67. The number of imidazole rings is 1. The highest BCUT2D eigenvalue weighted by atomic mass is 16.6. The van der Waals surface area contributed by atoms with Crippen LogP contribution in [0.2, 0.25) is 0 Å². The van der Waals surface area contributed by atoms with Gasteiger partial charge in [-0.15, -0.1) is 0 Å². The van der Waals surface area contributed by atoms with Crippen molar-refractivity contribution in [2.24, 2.45) is 0 Å². The molecule has 9 heteroatoms. The number of amides is 1. The lowest BCUT2D eigenvalue weighted by Gasteiger charge is -2.23. The molecular weight excluding hydrogens is 376 g/mol. The van der Waals surface area contributed by atoms with Crippen LogP contribution in [0.15, 0.2) is 42.5 Å². The lowest BCUT2D eigenvalue weighted by molar-refractivity contribution is -0.384. The summed E-state index contributed by atoms with van der Waals surface area (Å²) in [5.41, 5.74) is 1.39. The number of fused-ring (bicyclic) bond motifs is 1. The number of H-pyrrole nitrogens is 1. The summed E-state index contributed by atoms with van der Waals surface area (Å²) >= 11 is 0. The molecule has 1 N–H and O–H groups in total. The van der Waals surface area contributed by atoms with Crippen LogP contribution in [0.1, 0.15) is 45.4 Å². The zero-order valence-electron chi connectivity index (χ0n) is 15.6. The molecule has 1 saturated heterocycles. The minimum absolute atomic E-state index is 0.0375. The molecule has 1 aromatic heterocycles. The Bertz CT molecular complexity index is 1090. The molecule has 1 fully saturated rings. The predicted molar refractivity (Wildman–Crippen MR) is 104 cm³/mol. The van der Waals surface area contributed by atoms with Crippen LogP contribution in [-0.2, 0) is 4.74 Å². The maximum absolute atomic E-state index is 13.2. The second-order valence-electron chi connectivity index (χ2n) is 6.81. The Balaban J connectivity index is 1.70. The molecule has 2 heterocycles. The summed E-state index contributed by atoms with van der Waals surface area (Å²) in [7, 11) is 1.18. The molecule has 0 bridgehead atoms. The average Bonchev–Trinajstić information content (AvgIpc) is 3.38. The number of aromatic nitrogens is 2. The summed E-state index contributed by atoms with van der Waals surface area (Å²) in [6.07, 6.45) is 1.51. The number of likely N-dealkylation sites (tertiary alicyclic amines) is 1. The number of nitro groups is 1. The van der Waals surface area contributed by atoms with Gasteiger partial charge in [-0.1, -0.05) is 12.1 Å². The molecule has 0 radical (unpaired) electrons. The molecule has 1 aliphatic rings.